The molecule has 0 aromatic heterocycles. The molecule has 1 aromatic carbocycles. The van der Waals surface area contributed by atoms with Crippen LogP contribution in [0.15, 0.2) is 24.3 Å². The molecule has 0 saturated carbocycles. The zero-order valence-corrected chi connectivity index (χ0v) is 10.5. The van der Waals surface area contributed by atoms with Gasteiger partial charge in [0.05, 0.1) is 5.56 Å². The summed E-state index contributed by atoms with van der Waals surface area (Å²) in [6, 6.07) is 7.15. The number of nitrogens with two attached hydrogens (primary N) is 1. The van der Waals surface area contributed by atoms with Crippen molar-refractivity contribution in [1.82, 2.24) is 5.32 Å². The van der Waals surface area contributed by atoms with E-state index in [0.29, 0.717) is 11.3 Å². The minimum atomic E-state index is -0.0707. The molecule has 0 aliphatic rings. The van der Waals surface area contributed by atoms with Crippen LogP contribution in [0.1, 0.15) is 49.4 Å². The number of nitrogen functional groups attached to an aromatic ring is 1. The van der Waals surface area contributed by atoms with Crippen molar-refractivity contribution in [3.8, 4) is 0 Å². The molecule has 0 aliphatic carbocycles. The van der Waals surface area contributed by atoms with Crippen molar-refractivity contribution < 1.29 is 4.79 Å². The zero-order chi connectivity index (χ0) is 12.5. The van der Waals surface area contributed by atoms with E-state index in [1.54, 1.807) is 12.1 Å². The Bertz CT molecular complexity index is 350. The first kappa shape index (κ1) is 13.6. The van der Waals surface area contributed by atoms with Crippen LogP contribution in [0.2, 0.25) is 0 Å². The Labute approximate surface area is 103 Å². The van der Waals surface area contributed by atoms with E-state index >= 15 is 0 Å². The molecular formula is C14H22N2O. The van der Waals surface area contributed by atoms with E-state index in [2.05, 4.69) is 12.2 Å². The van der Waals surface area contributed by atoms with Crippen LogP contribution in [-0.2, 0) is 0 Å². The lowest BCUT2D eigenvalue weighted by atomic mass is 10.1. The average Bonchev–Trinajstić information content (AvgIpc) is 2.34. The van der Waals surface area contributed by atoms with E-state index in [9.17, 15) is 4.79 Å². The van der Waals surface area contributed by atoms with Gasteiger partial charge in [0, 0.05) is 12.2 Å². The lowest BCUT2D eigenvalue weighted by molar-refractivity contribution is 0.0954. The molecule has 0 bridgehead atoms. The number of anilines is 1. The number of carbonyl (C=O) groups is 1. The summed E-state index contributed by atoms with van der Waals surface area (Å²) in [4.78, 5) is 11.8. The van der Waals surface area contributed by atoms with Gasteiger partial charge in [0.15, 0.2) is 0 Å². The van der Waals surface area contributed by atoms with Crippen LogP contribution in [0, 0.1) is 0 Å². The SMILES string of the molecule is CCCCCCCNC(=O)c1ccccc1N. The van der Waals surface area contributed by atoms with Crippen LogP contribution in [0.25, 0.3) is 0 Å². The molecule has 94 valence electrons. The number of rotatable bonds is 7. The molecule has 0 spiro atoms. The highest BCUT2D eigenvalue weighted by atomic mass is 16.1. The Morgan fingerprint density at radius 2 is 1.88 bits per heavy atom. The first-order valence-electron chi connectivity index (χ1n) is 6.38. The first-order valence-corrected chi connectivity index (χ1v) is 6.38. The summed E-state index contributed by atoms with van der Waals surface area (Å²) in [6.07, 6.45) is 5.99. The number of hydrogen-bond acceptors (Lipinski definition) is 2. The number of unbranched alkanes of at least 4 members (excludes halogenated alkanes) is 4. The van der Waals surface area contributed by atoms with E-state index in [0.717, 1.165) is 13.0 Å². The Balaban J connectivity index is 2.24. The fraction of sp³-hybridized carbons (Fsp3) is 0.500. The second-order valence-corrected chi connectivity index (χ2v) is 4.26. The van der Waals surface area contributed by atoms with Gasteiger partial charge in [-0.3, -0.25) is 4.79 Å². The van der Waals surface area contributed by atoms with Crippen molar-refractivity contribution in [2.75, 3.05) is 12.3 Å². The average molecular weight is 234 g/mol. The number of benzene rings is 1. The summed E-state index contributed by atoms with van der Waals surface area (Å²) in [7, 11) is 0. The molecule has 0 fully saturated rings. The second kappa shape index (κ2) is 7.71. The van der Waals surface area contributed by atoms with Gasteiger partial charge in [-0.05, 0) is 18.6 Å². The maximum absolute atomic E-state index is 11.8. The number of amides is 1. The normalized spacial score (nSPS) is 10.2. The third-order valence-electron chi connectivity index (χ3n) is 2.77. The molecule has 0 aliphatic heterocycles. The highest BCUT2D eigenvalue weighted by Crippen LogP contribution is 2.10. The molecule has 0 heterocycles. The molecule has 0 saturated heterocycles. The van der Waals surface area contributed by atoms with E-state index in [4.69, 9.17) is 5.73 Å². The van der Waals surface area contributed by atoms with Crippen molar-refractivity contribution in [2.24, 2.45) is 0 Å². The topological polar surface area (TPSA) is 55.1 Å². The third-order valence-corrected chi connectivity index (χ3v) is 2.77. The summed E-state index contributed by atoms with van der Waals surface area (Å²) in [6.45, 7) is 2.93. The summed E-state index contributed by atoms with van der Waals surface area (Å²) in [5.74, 6) is -0.0707. The maximum Gasteiger partial charge on any atom is 0.253 e. The molecule has 0 unspecified atom stereocenters. The molecule has 0 radical (unpaired) electrons. The summed E-state index contributed by atoms with van der Waals surface area (Å²) < 4.78 is 0. The number of hydrogen-bond donors (Lipinski definition) is 2. The molecule has 1 amide bonds. The Morgan fingerprint density at radius 1 is 1.18 bits per heavy atom. The highest BCUT2D eigenvalue weighted by Gasteiger charge is 2.07. The third kappa shape index (κ3) is 4.89. The van der Waals surface area contributed by atoms with Crippen molar-refractivity contribution in [3.63, 3.8) is 0 Å². The predicted molar refractivity (Wildman–Crippen MR) is 71.9 cm³/mol. The number of para-hydroxylation sites is 1. The van der Waals surface area contributed by atoms with Gasteiger partial charge >= 0.3 is 0 Å². The number of nitrogens with one attached hydrogen (secondary N) is 1. The van der Waals surface area contributed by atoms with Crippen LogP contribution in [0.5, 0.6) is 0 Å². The molecule has 3 heteroatoms. The smallest absolute Gasteiger partial charge is 0.253 e. The quantitative estimate of drug-likeness (QED) is 0.563. The van der Waals surface area contributed by atoms with Gasteiger partial charge in [-0.1, -0.05) is 44.7 Å². The van der Waals surface area contributed by atoms with E-state index in [1.807, 2.05) is 12.1 Å². The van der Waals surface area contributed by atoms with Gasteiger partial charge in [-0.15, -0.1) is 0 Å². The fourth-order valence-electron chi connectivity index (χ4n) is 1.73. The van der Waals surface area contributed by atoms with Gasteiger partial charge in [-0.2, -0.15) is 0 Å². The Hall–Kier alpha value is -1.51. The predicted octanol–water partition coefficient (Wildman–Crippen LogP) is 2.97. The van der Waals surface area contributed by atoms with Crippen LogP contribution in [0.3, 0.4) is 0 Å². The van der Waals surface area contributed by atoms with Gasteiger partial charge < -0.3 is 11.1 Å². The molecule has 0 atom stereocenters. The van der Waals surface area contributed by atoms with E-state index in [-0.39, 0.29) is 5.91 Å². The Kier molecular flexibility index (Phi) is 6.15. The van der Waals surface area contributed by atoms with Gasteiger partial charge in [0.1, 0.15) is 0 Å². The minimum Gasteiger partial charge on any atom is -0.398 e. The minimum absolute atomic E-state index is 0.0707. The fourth-order valence-corrected chi connectivity index (χ4v) is 1.73. The van der Waals surface area contributed by atoms with Crippen LogP contribution < -0.4 is 11.1 Å². The molecular weight excluding hydrogens is 212 g/mol. The molecule has 1 aromatic rings. The van der Waals surface area contributed by atoms with Gasteiger partial charge in [0.25, 0.3) is 5.91 Å². The van der Waals surface area contributed by atoms with Crippen molar-refractivity contribution >= 4 is 11.6 Å². The summed E-state index contributed by atoms with van der Waals surface area (Å²) in [5, 5.41) is 2.90. The highest BCUT2D eigenvalue weighted by molar-refractivity contribution is 5.98. The zero-order valence-electron chi connectivity index (χ0n) is 10.5. The lowest BCUT2D eigenvalue weighted by Crippen LogP contribution is -2.25. The maximum atomic E-state index is 11.8. The molecule has 17 heavy (non-hydrogen) atoms. The second-order valence-electron chi connectivity index (χ2n) is 4.26. The molecule has 3 N–H and O–H groups in total. The van der Waals surface area contributed by atoms with Gasteiger partial charge in [-0.25, -0.2) is 0 Å². The van der Waals surface area contributed by atoms with Crippen molar-refractivity contribution in [2.45, 2.75) is 39.0 Å². The molecule has 1 rings (SSSR count). The van der Waals surface area contributed by atoms with Gasteiger partial charge in [0.2, 0.25) is 0 Å². The Morgan fingerprint density at radius 3 is 2.59 bits per heavy atom. The largest absolute Gasteiger partial charge is 0.398 e. The monoisotopic (exact) mass is 234 g/mol. The van der Waals surface area contributed by atoms with Crippen LogP contribution >= 0.6 is 0 Å². The first-order chi connectivity index (χ1) is 8.25. The summed E-state index contributed by atoms with van der Waals surface area (Å²) in [5.41, 5.74) is 6.84. The standard InChI is InChI=1S/C14H22N2O/c1-2-3-4-5-8-11-16-14(17)12-9-6-7-10-13(12)15/h6-7,9-10H,2-5,8,11,15H2,1H3,(H,16,17). The van der Waals surface area contributed by atoms with E-state index in [1.165, 1.54) is 25.7 Å². The van der Waals surface area contributed by atoms with Crippen LogP contribution in [-0.4, -0.2) is 12.5 Å². The molecule has 3 nitrogen and oxygen atoms in total. The lowest BCUT2D eigenvalue weighted by Gasteiger charge is -2.07. The van der Waals surface area contributed by atoms with Crippen LogP contribution in [0.4, 0.5) is 5.69 Å². The van der Waals surface area contributed by atoms with Crippen molar-refractivity contribution in [1.29, 1.82) is 0 Å². The van der Waals surface area contributed by atoms with E-state index < -0.39 is 0 Å². The number of carbonyl (C=O) groups excluding carboxylic acids is 1. The van der Waals surface area contributed by atoms with Crippen molar-refractivity contribution in [3.05, 3.63) is 29.8 Å². The summed E-state index contributed by atoms with van der Waals surface area (Å²) >= 11 is 0.